The van der Waals surface area contributed by atoms with Gasteiger partial charge in [0.05, 0.1) is 17.6 Å². The van der Waals surface area contributed by atoms with Gasteiger partial charge in [-0.15, -0.1) is 0 Å². The predicted molar refractivity (Wildman–Crippen MR) is 83.6 cm³/mol. The van der Waals surface area contributed by atoms with Crippen LogP contribution < -0.4 is 4.90 Å². The van der Waals surface area contributed by atoms with Gasteiger partial charge in [-0.3, -0.25) is 10.1 Å². The Hall–Kier alpha value is -2.74. The lowest BCUT2D eigenvalue weighted by atomic mass is 10.2. The molecule has 120 valence electrons. The average molecular weight is 337 g/mol. The Morgan fingerprint density at radius 1 is 1.39 bits per heavy atom. The number of rotatable bonds is 5. The van der Waals surface area contributed by atoms with Crippen LogP contribution in [0.15, 0.2) is 30.6 Å². The lowest BCUT2D eigenvalue weighted by Gasteiger charge is -2.18. The van der Waals surface area contributed by atoms with Crippen LogP contribution in [0.3, 0.4) is 0 Å². The number of hydrogen-bond donors (Lipinski definition) is 0. The molecule has 23 heavy (non-hydrogen) atoms. The van der Waals surface area contributed by atoms with Crippen LogP contribution in [0.5, 0.6) is 0 Å². The summed E-state index contributed by atoms with van der Waals surface area (Å²) >= 11 is 5.72. The largest absolute Gasteiger partial charge is 0.465 e. The zero-order valence-corrected chi connectivity index (χ0v) is 13.1. The lowest BCUT2D eigenvalue weighted by molar-refractivity contribution is -0.384. The monoisotopic (exact) mass is 336 g/mol. The van der Waals surface area contributed by atoms with Crippen LogP contribution in [0, 0.1) is 10.1 Å². The number of pyridine rings is 2. The van der Waals surface area contributed by atoms with Crippen molar-refractivity contribution in [3.05, 3.63) is 57.0 Å². The number of halogens is 1. The van der Waals surface area contributed by atoms with E-state index in [1.165, 1.54) is 13.3 Å². The molecule has 0 aromatic carbocycles. The summed E-state index contributed by atoms with van der Waals surface area (Å²) in [4.78, 5) is 31.7. The van der Waals surface area contributed by atoms with E-state index < -0.39 is 10.9 Å². The molecule has 8 nitrogen and oxygen atoms in total. The Labute approximate surface area is 136 Å². The molecule has 9 heteroatoms. The zero-order valence-electron chi connectivity index (χ0n) is 12.4. The molecule has 0 spiro atoms. The van der Waals surface area contributed by atoms with Crippen LogP contribution in [0.4, 0.5) is 11.5 Å². The Balaban J connectivity index is 2.31. The molecule has 2 aromatic heterocycles. The second-order valence-electron chi connectivity index (χ2n) is 4.66. The van der Waals surface area contributed by atoms with Crippen molar-refractivity contribution in [1.29, 1.82) is 0 Å². The van der Waals surface area contributed by atoms with Gasteiger partial charge in [0.25, 0.3) is 0 Å². The van der Waals surface area contributed by atoms with Crippen LogP contribution in [0.1, 0.15) is 15.9 Å². The number of hydrogen-bond acceptors (Lipinski definition) is 7. The van der Waals surface area contributed by atoms with E-state index in [4.69, 9.17) is 11.6 Å². The minimum atomic E-state index is -0.684. The molecule has 2 rings (SSSR count). The standard InChI is InChI=1S/C14H13ClN4O4/c1-18(8-9-3-4-12(15)16-6-9)13-11(19(21)22)5-10(7-17-13)14(20)23-2/h3-7H,8H2,1-2H3. The summed E-state index contributed by atoms with van der Waals surface area (Å²) in [5.41, 5.74) is 0.548. The maximum Gasteiger partial charge on any atom is 0.339 e. The van der Waals surface area contributed by atoms with Gasteiger partial charge in [-0.1, -0.05) is 17.7 Å². The fraction of sp³-hybridized carbons (Fsp3) is 0.214. The highest BCUT2D eigenvalue weighted by atomic mass is 35.5. The van der Waals surface area contributed by atoms with Crippen LogP contribution in [-0.2, 0) is 11.3 Å². The van der Waals surface area contributed by atoms with Crippen molar-refractivity contribution in [2.45, 2.75) is 6.54 Å². The smallest absolute Gasteiger partial charge is 0.339 e. The fourth-order valence-electron chi connectivity index (χ4n) is 1.95. The number of carbonyl (C=O) groups excluding carboxylic acids is 1. The highest BCUT2D eigenvalue weighted by molar-refractivity contribution is 6.29. The molecular weight excluding hydrogens is 324 g/mol. The molecule has 0 atom stereocenters. The third-order valence-corrected chi connectivity index (χ3v) is 3.26. The summed E-state index contributed by atoms with van der Waals surface area (Å²) in [6, 6.07) is 4.54. The average Bonchev–Trinajstić information content (AvgIpc) is 2.55. The van der Waals surface area contributed by atoms with Crippen LogP contribution >= 0.6 is 11.6 Å². The second-order valence-corrected chi connectivity index (χ2v) is 5.05. The van der Waals surface area contributed by atoms with Crippen molar-refractivity contribution in [2.24, 2.45) is 0 Å². The molecule has 2 aromatic rings. The molecule has 0 aliphatic carbocycles. The summed E-state index contributed by atoms with van der Waals surface area (Å²) in [7, 11) is 2.85. The number of carbonyl (C=O) groups is 1. The number of ether oxygens (including phenoxy) is 1. The zero-order chi connectivity index (χ0) is 17.0. The maximum atomic E-state index is 11.5. The number of nitro groups is 1. The van der Waals surface area contributed by atoms with Gasteiger partial charge >= 0.3 is 11.7 Å². The van der Waals surface area contributed by atoms with Crippen LogP contribution in [0.25, 0.3) is 0 Å². The van der Waals surface area contributed by atoms with Gasteiger partial charge in [0.1, 0.15) is 5.15 Å². The first kappa shape index (κ1) is 16.6. The summed E-state index contributed by atoms with van der Waals surface area (Å²) < 4.78 is 4.54. The van der Waals surface area contributed by atoms with Crippen molar-refractivity contribution in [1.82, 2.24) is 9.97 Å². The predicted octanol–water partition coefficient (Wildman–Crippen LogP) is 2.46. The normalized spacial score (nSPS) is 10.2. The summed E-state index contributed by atoms with van der Waals surface area (Å²) in [6.07, 6.45) is 2.82. The molecule has 0 amide bonds. The lowest BCUT2D eigenvalue weighted by Crippen LogP contribution is -2.19. The molecule has 0 radical (unpaired) electrons. The molecule has 0 saturated heterocycles. The summed E-state index contributed by atoms with van der Waals surface area (Å²) in [5.74, 6) is -0.547. The highest BCUT2D eigenvalue weighted by Crippen LogP contribution is 2.27. The van der Waals surface area contributed by atoms with E-state index in [-0.39, 0.29) is 17.1 Å². The van der Waals surface area contributed by atoms with Crippen molar-refractivity contribution in [3.8, 4) is 0 Å². The second kappa shape index (κ2) is 7.01. The molecule has 0 unspecified atom stereocenters. The quantitative estimate of drug-likeness (QED) is 0.358. The Kier molecular flexibility index (Phi) is 5.07. The van der Waals surface area contributed by atoms with Crippen LogP contribution in [0.2, 0.25) is 5.15 Å². The van der Waals surface area contributed by atoms with Crippen molar-refractivity contribution in [3.63, 3.8) is 0 Å². The first-order valence-corrected chi connectivity index (χ1v) is 6.84. The number of esters is 1. The van der Waals surface area contributed by atoms with Crippen LogP contribution in [-0.4, -0.2) is 35.0 Å². The Bertz CT molecular complexity index is 736. The van der Waals surface area contributed by atoms with Gasteiger partial charge in [0, 0.05) is 32.1 Å². The van der Waals surface area contributed by atoms with Gasteiger partial charge in [-0.2, -0.15) is 0 Å². The molecule has 0 aliphatic rings. The molecule has 0 aliphatic heterocycles. The van der Waals surface area contributed by atoms with Gasteiger partial charge < -0.3 is 9.64 Å². The van der Waals surface area contributed by atoms with E-state index in [1.54, 1.807) is 30.3 Å². The molecule has 0 bridgehead atoms. The number of nitrogens with zero attached hydrogens (tertiary/aromatic N) is 4. The SMILES string of the molecule is COC(=O)c1cnc(N(C)Cc2ccc(Cl)nc2)c([N+](=O)[O-])c1. The van der Waals surface area contributed by atoms with E-state index in [0.717, 1.165) is 11.6 Å². The third-order valence-electron chi connectivity index (χ3n) is 3.03. The third kappa shape index (κ3) is 3.92. The molecule has 0 fully saturated rings. The molecule has 0 saturated carbocycles. The molecular formula is C14H13ClN4O4. The summed E-state index contributed by atoms with van der Waals surface area (Å²) in [6.45, 7) is 0.343. The fourth-order valence-corrected chi connectivity index (χ4v) is 2.06. The van der Waals surface area contributed by atoms with E-state index in [0.29, 0.717) is 11.7 Å². The van der Waals surface area contributed by atoms with Crippen molar-refractivity contribution < 1.29 is 14.5 Å². The topological polar surface area (TPSA) is 98.5 Å². The number of anilines is 1. The summed E-state index contributed by atoms with van der Waals surface area (Å²) in [5, 5.41) is 11.6. The number of methoxy groups -OCH3 is 1. The minimum Gasteiger partial charge on any atom is -0.465 e. The maximum absolute atomic E-state index is 11.5. The van der Waals surface area contributed by atoms with Gasteiger partial charge in [0.2, 0.25) is 5.82 Å². The highest BCUT2D eigenvalue weighted by Gasteiger charge is 2.22. The van der Waals surface area contributed by atoms with E-state index in [2.05, 4.69) is 14.7 Å². The first-order valence-electron chi connectivity index (χ1n) is 6.46. The van der Waals surface area contributed by atoms with Gasteiger partial charge in [-0.25, -0.2) is 14.8 Å². The van der Waals surface area contributed by atoms with E-state index >= 15 is 0 Å². The first-order chi connectivity index (χ1) is 10.9. The number of aromatic nitrogens is 2. The van der Waals surface area contributed by atoms with Gasteiger partial charge in [0.15, 0.2) is 0 Å². The molecule has 2 heterocycles. The van der Waals surface area contributed by atoms with Crippen molar-refractivity contribution >= 4 is 29.1 Å². The van der Waals surface area contributed by atoms with E-state index in [9.17, 15) is 14.9 Å². The Morgan fingerprint density at radius 3 is 2.70 bits per heavy atom. The molecule has 0 N–H and O–H groups in total. The minimum absolute atomic E-state index is 0.0181. The van der Waals surface area contributed by atoms with Crippen molar-refractivity contribution in [2.75, 3.05) is 19.1 Å². The van der Waals surface area contributed by atoms with Gasteiger partial charge in [-0.05, 0) is 11.6 Å². The van der Waals surface area contributed by atoms with E-state index in [1.807, 2.05) is 0 Å². The Morgan fingerprint density at radius 2 is 2.13 bits per heavy atom.